The molecule has 0 aliphatic rings. The number of halogens is 7. The molecule has 0 aromatic heterocycles. The van der Waals surface area contributed by atoms with Crippen molar-refractivity contribution in [2.24, 2.45) is 5.92 Å². The van der Waals surface area contributed by atoms with Crippen LogP contribution in [0.5, 0.6) is 0 Å². The van der Waals surface area contributed by atoms with Crippen molar-refractivity contribution in [2.45, 2.75) is 69.2 Å². The summed E-state index contributed by atoms with van der Waals surface area (Å²) >= 11 is 0. The molecule has 0 bridgehead atoms. The van der Waals surface area contributed by atoms with Gasteiger partial charge in [0.25, 0.3) is 10.1 Å². The van der Waals surface area contributed by atoms with Crippen molar-refractivity contribution >= 4 is 22.1 Å². The van der Waals surface area contributed by atoms with E-state index in [4.69, 9.17) is 9.29 Å². The monoisotopic (exact) mass is 516 g/mol. The number of hydrogen-bond donors (Lipinski definition) is 1. The van der Waals surface area contributed by atoms with Gasteiger partial charge in [-0.15, -0.1) is 0 Å². The molecule has 1 N–H and O–H groups in total. The molecule has 186 valence electrons. The number of unbranched alkanes of at least 4 members (excludes halogenated alkanes) is 1. The predicted octanol–water partition coefficient (Wildman–Crippen LogP) is 0.885. The van der Waals surface area contributed by atoms with Crippen LogP contribution in [0.1, 0.15) is 47.4 Å². The molecule has 0 spiro atoms. The molecule has 0 fully saturated rings. The Bertz CT molecular complexity index is 720. The van der Waals surface area contributed by atoms with E-state index >= 15 is 0 Å². The summed E-state index contributed by atoms with van der Waals surface area (Å²) in [6.07, 6.45) is -5.56. The Kier molecular flexibility index (Phi) is 13.9. The third-order valence-electron chi connectivity index (χ3n) is 4.21. The molecule has 0 saturated carbocycles. The number of alkyl halides is 7. The molecular weight excluding hydrogens is 492 g/mol. The van der Waals surface area contributed by atoms with Gasteiger partial charge in [-0.3, -0.25) is 14.1 Å². The van der Waals surface area contributed by atoms with Crippen molar-refractivity contribution in [3.8, 4) is 0 Å². The summed E-state index contributed by atoms with van der Waals surface area (Å²) in [5, 5.41) is -2.64. The number of hydrogen-bond acceptors (Lipinski definition) is 6. The largest absolute Gasteiger partial charge is 1.00 e. The van der Waals surface area contributed by atoms with Gasteiger partial charge in [0.15, 0.2) is 11.9 Å². The van der Waals surface area contributed by atoms with E-state index in [2.05, 4.69) is 4.74 Å². The smallest absolute Gasteiger partial charge is 1.00 e. The summed E-state index contributed by atoms with van der Waals surface area (Å²) in [6.45, 7) is 0.613. The first-order valence-electron chi connectivity index (χ1n) is 9.01. The van der Waals surface area contributed by atoms with Gasteiger partial charge < -0.3 is 10.9 Å². The van der Waals surface area contributed by atoms with Gasteiger partial charge >= 0.3 is 59.5 Å². The maximum absolute atomic E-state index is 13.1. The molecule has 7 nitrogen and oxygen atoms in total. The molecule has 16 heteroatoms. The maximum atomic E-state index is 13.1. The predicted molar refractivity (Wildman–Crippen MR) is 92.2 cm³/mol. The second kappa shape index (κ2) is 13.3. The van der Waals surface area contributed by atoms with Gasteiger partial charge in [0.1, 0.15) is 0 Å². The van der Waals surface area contributed by atoms with Crippen molar-refractivity contribution < 1.29 is 93.8 Å². The minimum Gasteiger partial charge on any atom is -1.00 e. The molecule has 0 aromatic carbocycles. The fourth-order valence-corrected chi connectivity index (χ4v) is 2.84. The Morgan fingerprint density at radius 3 is 1.97 bits per heavy atom. The van der Waals surface area contributed by atoms with Crippen molar-refractivity contribution in [1.29, 1.82) is 0 Å². The number of carbonyl (C=O) groups excluding carboxylic acids is 2. The third-order valence-corrected chi connectivity index (χ3v) is 5.29. The second-order valence-electron chi connectivity index (χ2n) is 6.69. The number of ether oxygens (including phenoxy) is 2. The summed E-state index contributed by atoms with van der Waals surface area (Å²) in [5.74, 6) is -16.3. The first kappa shape index (κ1) is 33.5. The zero-order valence-electron chi connectivity index (χ0n) is 18.6. The Hall–Kier alpha value is -0.640. The van der Waals surface area contributed by atoms with Gasteiger partial charge in [0.05, 0.1) is 13.0 Å². The Morgan fingerprint density at radius 2 is 1.56 bits per heavy atom. The van der Waals surface area contributed by atoms with Gasteiger partial charge in [-0.25, -0.2) is 0 Å². The normalized spacial score (nSPS) is 14.8. The molecule has 0 aliphatic heterocycles. The molecule has 2 atom stereocenters. The molecule has 32 heavy (non-hydrogen) atoms. The van der Waals surface area contributed by atoms with Crippen LogP contribution in [0.2, 0.25) is 0 Å². The summed E-state index contributed by atoms with van der Waals surface area (Å²) < 4.78 is 128. The van der Waals surface area contributed by atoms with E-state index in [1.54, 1.807) is 6.92 Å². The first-order valence-corrected chi connectivity index (χ1v) is 10.5. The molecule has 2 unspecified atom stereocenters. The molecule has 0 amide bonds. The molecule has 0 aliphatic carbocycles. The van der Waals surface area contributed by atoms with Gasteiger partial charge in [0.2, 0.25) is 0 Å². The molecule has 0 saturated heterocycles. The van der Waals surface area contributed by atoms with Gasteiger partial charge in [-0.2, -0.15) is 39.2 Å². The minimum absolute atomic E-state index is 0. The fourth-order valence-electron chi connectivity index (χ4n) is 2.18. The van der Waals surface area contributed by atoms with Crippen molar-refractivity contribution in [3.05, 3.63) is 0 Å². The van der Waals surface area contributed by atoms with Crippen LogP contribution >= 0.6 is 0 Å². The van der Waals surface area contributed by atoms with Crippen LogP contribution in [0.15, 0.2) is 0 Å². The van der Waals surface area contributed by atoms with Crippen molar-refractivity contribution in [3.63, 3.8) is 0 Å². The number of esters is 2. The van der Waals surface area contributed by atoms with E-state index in [9.17, 15) is 48.7 Å². The second-order valence-corrected chi connectivity index (χ2v) is 8.29. The van der Waals surface area contributed by atoms with Gasteiger partial charge in [-0.05, 0) is 12.3 Å². The zero-order valence-corrected chi connectivity index (χ0v) is 20.4. The summed E-state index contributed by atoms with van der Waals surface area (Å²) in [4.78, 5) is 23.4. The first-order chi connectivity index (χ1) is 13.9. The van der Waals surface area contributed by atoms with Crippen LogP contribution in [-0.4, -0.2) is 61.4 Å². The third kappa shape index (κ3) is 10.1. The van der Waals surface area contributed by atoms with Crippen LogP contribution in [0.4, 0.5) is 30.7 Å². The van der Waals surface area contributed by atoms with E-state index < -0.39 is 58.4 Å². The summed E-state index contributed by atoms with van der Waals surface area (Å²) in [6, 6.07) is 0. The minimum atomic E-state index is -6.66. The quantitative estimate of drug-likeness (QED) is 0.168. The summed E-state index contributed by atoms with van der Waals surface area (Å²) in [7, 11) is -5.33. The van der Waals surface area contributed by atoms with E-state index in [0.717, 1.165) is 12.8 Å². The standard InChI is InChI=1S/C16H23F7O7S.Na.H/c1-3-5-6-10(4-2)8-29-13(25)11(31(26,27)28)7-12(24)30-9-14(17,18)15(19,20)16(21,22)23;;/h10-11H,3-9H2,1-2H3,(H,26,27,28);;/q;+1;-1. The molecule has 0 radical (unpaired) electrons. The number of carbonyl (C=O) groups is 2. The van der Waals surface area contributed by atoms with Crippen LogP contribution in [0.25, 0.3) is 0 Å². The number of rotatable bonds is 13. The SMILES string of the molecule is CCCCC(CC)COC(=O)C(CC(=O)OCC(F)(F)C(F)(F)C(F)(F)F)S(=O)(=O)O.[H-].[Na+]. The van der Waals surface area contributed by atoms with Crippen molar-refractivity contribution in [2.75, 3.05) is 13.2 Å². The topological polar surface area (TPSA) is 107 Å². The Morgan fingerprint density at radius 1 is 1.03 bits per heavy atom. The van der Waals surface area contributed by atoms with E-state index in [0.29, 0.717) is 12.8 Å². The van der Waals surface area contributed by atoms with E-state index in [-0.39, 0.29) is 43.5 Å². The zero-order chi connectivity index (χ0) is 24.7. The fraction of sp³-hybridized carbons (Fsp3) is 0.875. The van der Waals surface area contributed by atoms with E-state index in [1.165, 1.54) is 0 Å². The van der Waals surface area contributed by atoms with Crippen molar-refractivity contribution in [1.82, 2.24) is 0 Å². The molecular formula is C16H24F7NaO7S. The van der Waals surface area contributed by atoms with Crippen LogP contribution in [0.3, 0.4) is 0 Å². The van der Waals surface area contributed by atoms with Gasteiger partial charge in [-0.1, -0.05) is 33.1 Å². The molecule has 0 heterocycles. The maximum Gasteiger partial charge on any atom is 1.00 e. The average molecular weight is 516 g/mol. The van der Waals surface area contributed by atoms with Gasteiger partial charge in [0, 0.05) is 0 Å². The van der Waals surface area contributed by atoms with Crippen LogP contribution < -0.4 is 29.6 Å². The van der Waals surface area contributed by atoms with Crippen LogP contribution in [0, 0.1) is 5.92 Å². The Balaban J connectivity index is -0.00000450. The average Bonchev–Trinajstić information content (AvgIpc) is 2.62. The molecule has 0 aromatic rings. The Labute approximate surface area is 203 Å². The van der Waals surface area contributed by atoms with Crippen LogP contribution in [-0.2, 0) is 29.2 Å². The summed E-state index contributed by atoms with van der Waals surface area (Å²) in [5.41, 5.74) is 0. The molecule has 0 rings (SSSR count). The van der Waals surface area contributed by atoms with E-state index in [1.807, 2.05) is 6.92 Å².